The van der Waals surface area contributed by atoms with Crippen LogP contribution in [0.1, 0.15) is 5.56 Å². The monoisotopic (exact) mass is 229 g/mol. The summed E-state index contributed by atoms with van der Waals surface area (Å²) < 4.78 is 5.72. The van der Waals surface area contributed by atoms with E-state index < -0.39 is 0 Å². The first-order valence-corrected chi connectivity index (χ1v) is 5.37. The summed E-state index contributed by atoms with van der Waals surface area (Å²) >= 11 is 0. The van der Waals surface area contributed by atoms with Crippen molar-refractivity contribution in [2.75, 3.05) is 18.1 Å². The van der Waals surface area contributed by atoms with Crippen molar-refractivity contribution < 1.29 is 4.74 Å². The molecule has 0 fully saturated rings. The second-order valence-electron chi connectivity index (χ2n) is 3.75. The molecule has 0 aliphatic rings. The number of hydrogen-bond acceptors (Lipinski definition) is 4. The van der Waals surface area contributed by atoms with E-state index in [4.69, 9.17) is 10.5 Å². The van der Waals surface area contributed by atoms with Crippen molar-refractivity contribution >= 4 is 11.5 Å². The Morgan fingerprint density at radius 2 is 1.94 bits per heavy atom. The predicted octanol–water partition coefficient (Wildman–Crippen LogP) is 2.81. The molecule has 0 bridgehead atoms. The maximum Gasteiger partial charge on any atom is 0.132 e. The van der Waals surface area contributed by atoms with Gasteiger partial charge in [0.25, 0.3) is 0 Å². The molecule has 2 rings (SSSR count). The molecule has 2 aromatic rings. The third-order valence-electron chi connectivity index (χ3n) is 2.46. The molecule has 0 saturated heterocycles. The highest BCUT2D eigenvalue weighted by Gasteiger charge is 2.01. The lowest BCUT2D eigenvalue weighted by Crippen LogP contribution is -1.93. The molecule has 1 aromatic carbocycles. The number of nitrogens with zero attached hydrogens (tertiary/aromatic N) is 1. The average Bonchev–Trinajstić information content (AvgIpc) is 2.34. The molecule has 1 heterocycles. The van der Waals surface area contributed by atoms with Gasteiger partial charge >= 0.3 is 0 Å². The van der Waals surface area contributed by atoms with Crippen LogP contribution in [0, 0.1) is 6.92 Å². The Morgan fingerprint density at radius 1 is 1.18 bits per heavy atom. The van der Waals surface area contributed by atoms with E-state index in [0.717, 1.165) is 28.6 Å². The van der Waals surface area contributed by atoms with E-state index in [0.29, 0.717) is 0 Å². The van der Waals surface area contributed by atoms with Crippen LogP contribution < -0.4 is 15.8 Å². The lowest BCUT2D eigenvalue weighted by atomic mass is 10.2. The molecule has 17 heavy (non-hydrogen) atoms. The van der Waals surface area contributed by atoms with Gasteiger partial charge in [0.1, 0.15) is 17.3 Å². The zero-order valence-corrected chi connectivity index (χ0v) is 9.90. The standard InChI is InChI=1S/C13H15N3O/c1-9-7-10(3-4-12(9)14)17-11-5-6-16-13(8-11)15-2/h3-8H,14H2,1-2H3,(H,15,16). The fraction of sp³-hybridized carbons (Fsp3) is 0.154. The summed E-state index contributed by atoms with van der Waals surface area (Å²) in [6.07, 6.45) is 1.70. The van der Waals surface area contributed by atoms with Crippen molar-refractivity contribution in [3.8, 4) is 11.5 Å². The highest BCUT2D eigenvalue weighted by atomic mass is 16.5. The van der Waals surface area contributed by atoms with Crippen LogP contribution in [0.3, 0.4) is 0 Å². The molecule has 0 radical (unpaired) electrons. The minimum Gasteiger partial charge on any atom is -0.457 e. The summed E-state index contributed by atoms with van der Waals surface area (Å²) in [5.74, 6) is 2.29. The minimum absolute atomic E-state index is 0.744. The number of rotatable bonds is 3. The van der Waals surface area contributed by atoms with Gasteiger partial charge in [0.15, 0.2) is 0 Å². The van der Waals surface area contributed by atoms with Gasteiger partial charge in [0, 0.05) is 25.0 Å². The van der Waals surface area contributed by atoms with Crippen molar-refractivity contribution in [3.05, 3.63) is 42.1 Å². The molecule has 0 saturated carbocycles. The second kappa shape index (κ2) is 4.74. The summed E-state index contributed by atoms with van der Waals surface area (Å²) in [4.78, 5) is 4.12. The van der Waals surface area contributed by atoms with Gasteiger partial charge < -0.3 is 15.8 Å². The van der Waals surface area contributed by atoms with Crippen LogP contribution in [-0.2, 0) is 0 Å². The number of anilines is 2. The highest BCUT2D eigenvalue weighted by molar-refractivity contribution is 5.50. The third kappa shape index (κ3) is 2.66. The number of hydrogen-bond donors (Lipinski definition) is 2. The number of benzene rings is 1. The highest BCUT2D eigenvalue weighted by Crippen LogP contribution is 2.25. The lowest BCUT2D eigenvalue weighted by Gasteiger charge is -2.08. The quantitative estimate of drug-likeness (QED) is 0.794. The smallest absolute Gasteiger partial charge is 0.132 e. The zero-order valence-electron chi connectivity index (χ0n) is 9.90. The van der Waals surface area contributed by atoms with E-state index >= 15 is 0 Å². The Hall–Kier alpha value is -2.23. The third-order valence-corrected chi connectivity index (χ3v) is 2.46. The van der Waals surface area contributed by atoms with Crippen LogP contribution in [-0.4, -0.2) is 12.0 Å². The van der Waals surface area contributed by atoms with Gasteiger partial charge in [-0.25, -0.2) is 4.98 Å². The number of aromatic nitrogens is 1. The first kappa shape index (κ1) is 11.3. The van der Waals surface area contributed by atoms with Gasteiger partial charge in [0.05, 0.1) is 0 Å². The predicted molar refractivity (Wildman–Crippen MR) is 69.4 cm³/mol. The number of ether oxygens (including phenoxy) is 1. The van der Waals surface area contributed by atoms with Crippen LogP contribution in [0.4, 0.5) is 11.5 Å². The van der Waals surface area contributed by atoms with E-state index in [9.17, 15) is 0 Å². The first-order chi connectivity index (χ1) is 8.19. The summed E-state index contributed by atoms with van der Waals surface area (Å²) in [5.41, 5.74) is 7.52. The molecule has 0 aliphatic heterocycles. The van der Waals surface area contributed by atoms with Crippen LogP contribution in [0.15, 0.2) is 36.5 Å². The van der Waals surface area contributed by atoms with E-state index in [1.54, 1.807) is 6.20 Å². The van der Waals surface area contributed by atoms with Gasteiger partial charge in [-0.3, -0.25) is 0 Å². The van der Waals surface area contributed by atoms with Crippen LogP contribution in [0.2, 0.25) is 0 Å². The molecule has 4 nitrogen and oxygen atoms in total. The van der Waals surface area contributed by atoms with E-state index in [1.807, 2.05) is 44.3 Å². The Bertz CT molecular complexity index is 526. The molecule has 1 aromatic heterocycles. The van der Waals surface area contributed by atoms with Gasteiger partial charge in [0.2, 0.25) is 0 Å². The van der Waals surface area contributed by atoms with Crippen LogP contribution in [0.25, 0.3) is 0 Å². The summed E-state index contributed by atoms with van der Waals surface area (Å²) in [6.45, 7) is 1.95. The zero-order chi connectivity index (χ0) is 12.3. The number of pyridine rings is 1. The molecule has 0 spiro atoms. The normalized spacial score (nSPS) is 10.0. The van der Waals surface area contributed by atoms with E-state index in [-0.39, 0.29) is 0 Å². The minimum atomic E-state index is 0.744. The maximum absolute atomic E-state index is 5.75. The van der Waals surface area contributed by atoms with Crippen LogP contribution >= 0.6 is 0 Å². The Morgan fingerprint density at radius 3 is 2.65 bits per heavy atom. The number of nitrogen functional groups attached to an aromatic ring is 1. The largest absolute Gasteiger partial charge is 0.457 e. The molecule has 0 amide bonds. The summed E-state index contributed by atoms with van der Waals surface area (Å²) in [6, 6.07) is 9.25. The summed E-state index contributed by atoms with van der Waals surface area (Å²) in [7, 11) is 1.82. The molecule has 0 unspecified atom stereocenters. The fourth-order valence-corrected chi connectivity index (χ4v) is 1.46. The van der Waals surface area contributed by atoms with Gasteiger partial charge in [-0.2, -0.15) is 0 Å². The van der Waals surface area contributed by atoms with E-state index in [1.165, 1.54) is 0 Å². The lowest BCUT2D eigenvalue weighted by molar-refractivity contribution is 0.482. The van der Waals surface area contributed by atoms with E-state index in [2.05, 4.69) is 10.3 Å². The van der Waals surface area contributed by atoms with Gasteiger partial charge in [-0.15, -0.1) is 0 Å². The molecule has 0 aliphatic carbocycles. The Balaban J connectivity index is 2.22. The Labute approximate surface area is 100 Å². The Kier molecular flexibility index (Phi) is 3.14. The second-order valence-corrected chi connectivity index (χ2v) is 3.75. The van der Waals surface area contributed by atoms with Crippen molar-refractivity contribution in [2.45, 2.75) is 6.92 Å². The van der Waals surface area contributed by atoms with Crippen molar-refractivity contribution in [1.82, 2.24) is 4.98 Å². The maximum atomic E-state index is 5.75. The molecular weight excluding hydrogens is 214 g/mol. The summed E-state index contributed by atoms with van der Waals surface area (Å²) in [5, 5.41) is 2.96. The topological polar surface area (TPSA) is 60.2 Å². The molecule has 3 N–H and O–H groups in total. The van der Waals surface area contributed by atoms with Crippen molar-refractivity contribution in [1.29, 1.82) is 0 Å². The van der Waals surface area contributed by atoms with Crippen LogP contribution in [0.5, 0.6) is 11.5 Å². The average molecular weight is 229 g/mol. The van der Waals surface area contributed by atoms with Crippen molar-refractivity contribution in [3.63, 3.8) is 0 Å². The molecule has 0 atom stereocenters. The molecule has 4 heteroatoms. The number of aryl methyl sites for hydroxylation is 1. The number of nitrogens with two attached hydrogens (primary N) is 1. The molecule has 88 valence electrons. The SMILES string of the molecule is CNc1cc(Oc2ccc(N)c(C)c2)ccn1. The van der Waals surface area contributed by atoms with Crippen molar-refractivity contribution in [2.24, 2.45) is 0 Å². The van der Waals surface area contributed by atoms with Gasteiger partial charge in [-0.1, -0.05) is 0 Å². The first-order valence-electron chi connectivity index (χ1n) is 5.37. The van der Waals surface area contributed by atoms with Gasteiger partial charge in [-0.05, 0) is 36.8 Å². The molecular formula is C13H15N3O. The fourth-order valence-electron chi connectivity index (χ4n) is 1.46. The number of nitrogens with one attached hydrogen (secondary N) is 1.